The van der Waals surface area contributed by atoms with E-state index in [0.29, 0.717) is 17.3 Å². The molecular formula is C18H19ClN2O3S. The number of carbonyl (C=O) groups excluding carboxylic acids is 1. The second kappa shape index (κ2) is 6.69. The summed E-state index contributed by atoms with van der Waals surface area (Å²) in [5.41, 5.74) is 3.18. The molecule has 1 heterocycles. The van der Waals surface area contributed by atoms with Gasteiger partial charge in [0.1, 0.15) is 6.54 Å². The minimum atomic E-state index is -3.62. The Labute approximate surface area is 152 Å². The van der Waals surface area contributed by atoms with Gasteiger partial charge in [0.25, 0.3) is 0 Å². The van der Waals surface area contributed by atoms with E-state index in [-0.39, 0.29) is 12.5 Å². The van der Waals surface area contributed by atoms with Crippen molar-refractivity contribution in [3.63, 3.8) is 0 Å². The van der Waals surface area contributed by atoms with Crippen LogP contribution >= 0.6 is 11.6 Å². The zero-order chi connectivity index (χ0) is 18.2. The molecule has 0 aromatic heterocycles. The SMILES string of the molecule is Cc1ccc(N(CC(=O)N2CCc3ccccc32)S(C)(=O)=O)cc1Cl. The Bertz CT molecular complexity index is 928. The van der Waals surface area contributed by atoms with Crippen LogP contribution in [0.3, 0.4) is 0 Å². The molecule has 3 rings (SSSR count). The van der Waals surface area contributed by atoms with E-state index in [1.54, 1.807) is 23.1 Å². The Kier molecular flexibility index (Phi) is 4.75. The molecule has 0 saturated heterocycles. The molecule has 2 aromatic carbocycles. The number of benzene rings is 2. The van der Waals surface area contributed by atoms with Crippen molar-refractivity contribution in [2.75, 3.05) is 28.6 Å². The van der Waals surface area contributed by atoms with E-state index in [1.807, 2.05) is 31.2 Å². The fraction of sp³-hybridized carbons (Fsp3) is 0.278. The van der Waals surface area contributed by atoms with E-state index in [0.717, 1.165) is 33.8 Å². The number of aryl methyl sites for hydroxylation is 1. The molecule has 0 aliphatic carbocycles. The number of halogens is 1. The molecule has 0 N–H and O–H groups in total. The highest BCUT2D eigenvalue weighted by Gasteiger charge is 2.28. The van der Waals surface area contributed by atoms with Gasteiger partial charge in [-0.1, -0.05) is 35.9 Å². The van der Waals surface area contributed by atoms with Crippen LogP contribution in [0.15, 0.2) is 42.5 Å². The Hall–Kier alpha value is -2.05. The van der Waals surface area contributed by atoms with E-state index < -0.39 is 10.0 Å². The van der Waals surface area contributed by atoms with Crippen LogP contribution in [0, 0.1) is 6.92 Å². The van der Waals surface area contributed by atoms with E-state index in [2.05, 4.69) is 0 Å². The number of hydrogen-bond acceptors (Lipinski definition) is 3. The van der Waals surface area contributed by atoms with Crippen LogP contribution in [0.4, 0.5) is 11.4 Å². The standard InChI is InChI=1S/C18H19ClN2O3S/c1-13-7-8-15(11-16(13)19)21(25(2,23)24)12-18(22)20-10-9-14-5-3-4-6-17(14)20/h3-8,11H,9-10,12H2,1-2H3. The molecule has 1 aliphatic heterocycles. The van der Waals surface area contributed by atoms with Crippen LogP contribution < -0.4 is 9.21 Å². The molecule has 2 aromatic rings. The number of hydrogen-bond donors (Lipinski definition) is 0. The van der Waals surface area contributed by atoms with Crippen LogP contribution in [0.1, 0.15) is 11.1 Å². The highest BCUT2D eigenvalue weighted by molar-refractivity contribution is 7.92. The summed E-state index contributed by atoms with van der Waals surface area (Å²) in [6.07, 6.45) is 1.86. The summed E-state index contributed by atoms with van der Waals surface area (Å²) < 4.78 is 25.6. The first-order chi connectivity index (χ1) is 11.8. The topological polar surface area (TPSA) is 57.7 Å². The number of sulfonamides is 1. The van der Waals surface area contributed by atoms with E-state index >= 15 is 0 Å². The number of rotatable bonds is 4. The van der Waals surface area contributed by atoms with Gasteiger partial charge < -0.3 is 4.90 Å². The van der Waals surface area contributed by atoms with Crippen molar-refractivity contribution in [3.8, 4) is 0 Å². The lowest BCUT2D eigenvalue weighted by atomic mass is 10.2. The third kappa shape index (κ3) is 3.65. The zero-order valence-electron chi connectivity index (χ0n) is 14.1. The van der Waals surface area contributed by atoms with Crippen LogP contribution in [0.25, 0.3) is 0 Å². The first-order valence-electron chi connectivity index (χ1n) is 7.89. The van der Waals surface area contributed by atoms with Gasteiger partial charge >= 0.3 is 0 Å². The van der Waals surface area contributed by atoms with Crippen LogP contribution in [0.2, 0.25) is 5.02 Å². The Morgan fingerprint density at radius 1 is 1.24 bits per heavy atom. The number of para-hydroxylation sites is 1. The van der Waals surface area contributed by atoms with Gasteiger partial charge in [-0.2, -0.15) is 0 Å². The third-order valence-electron chi connectivity index (χ3n) is 4.31. The van der Waals surface area contributed by atoms with Gasteiger partial charge in [-0.15, -0.1) is 0 Å². The maximum atomic E-state index is 12.8. The van der Waals surface area contributed by atoms with Gasteiger partial charge in [-0.05, 0) is 42.7 Å². The number of carbonyl (C=O) groups is 1. The van der Waals surface area contributed by atoms with Crippen LogP contribution in [0.5, 0.6) is 0 Å². The summed E-state index contributed by atoms with van der Waals surface area (Å²) in [4.78, 5) is 14.4. The molecule has 132 valence electrons. The highest BCUT2D eigenvalue weighted by atomic mass is 35.5. The average Bonchev–Trinajstić information content (AvgIpc) is 2.98. The summed E-state index contributed by atoms with van der Waals surface area (Å²) in [6, 6.07) is 12.6. The highest BCUT2D eigenvalue weighted by Crippen LogP contribution is 2.29. The quantitative estimate of drug-likeness (QED) is 0.821. The monoisotopic (exact) mass is 378 g/mol. The van der Waals surface area contributed by atoms with Gasteiger partial charge in [-0.3, -0.25) is 9.10 Å². The lowest BCUT2D eigenvalue weighted by Crippen LogP contribution is -2.42. The molecule has 0 saturated carbocycles. The largest absolute Gasteiger partial charge is 0.310 e. The first kappa shape index (κ1) is 17.8. The molecule has 7 heteroatoms. The van der Waals surface area contributed by atoms with Gasteiger partial charge in [0, 0.05) is 17.3 Å². The smallest absolute Gasteiger partial charge is 0.247 e. The van der Waals surface area contributed by atoms with E-state index in [1.165, 1.54) is 0 Å². The molecule has 5 nitrogen and oxygen atoms in total. The van der Waals surface area contributed by atoms with Crippen molar-refractivity contribution in [2.45, 2.75) is 13.3 Å². The average molecular weight is 379 g/mol. The molecule has 0 spiro atoms. The Balaban J connectivity index is 1.89. The van der Waals surface area contributed by atoms with Crippen molar-refractivity contribution >= 4 is 38.9 Å². The molecule has 25 heavy (non-hydrogen) atoms. The molecule has 1 amide bonds. The summed E-state index contributed by atoms with van der Waals surface area (Å²) in [5, 5.41) is 0.463. The Morgan fingerprint density at radius 2 is 1.96 bits per heavy atom. The fourth-order valence-corrected chi connectivity index (χ4v) is 3.96. The zero-order valence-corrected chi connectivity index (χ0v) is 15.6. The molecule has 0 bridgehead atoms. The summed E-state index contributed by atoms with van der Waals surface area (Å²) in [7, 11) is -3.62. The number of amides is 1. The second-order valence-electron chi connectivity index (χ2n) is 6.13. The summed E-state index contributed by atoms with van der Waals surface area (Å²) in [6.45, 7) is 2.14. The van der Waals surface area contributed by atoms with Gasteiger partial charge in [-0.25, -0.2) is 8.42 Å². The van der Waals surface area contributed by atoms with Crippen molar-refractivity contribution < 1.29 is 13.2 Å². The minimum absolute atomic E-state index is 0.257. The third-order valence-corrected chi connectivity index (χ3v) is 5.86. The second-order valence-corrected chi connectivity index (χ2v) is 8.44. The molecule has 0 radical (unpaired) electrons. The van der Waals surface area contributed by atoms with Gasteiger partial charge in [0.05, 0.1) is 11.9 Å². The fourth-order valence-electron chi connectivity index (χ4n) is 2.94. The molecule has 0 atom stereocenters. The maximum absolute atomic E-state index is 12.8. The lowest BCUT2D eigenvalue weighted by molar-refractivity contribution is -0.117. The summed E-state index contributed by atoms with van der Waals surface area (Å²) in [5.74, 6) is -0.257. The maximum Gasteiger partial charge on any atom is 0.247 e. The lowest BCUT2D eigenvalue weighted by Gasteiger charge is -2.25. The normalized spacial score (nSPS) is 13.6. The predicted octanol–water partition coefficient (Wildman–Crippen LogP) is 3.00. The summed E-state index contributed by atoms with van der Waals surface area (Å²) >= 11 is 6.12. The van der Waals surface area contributed by atoms with Gasteiger partial charge in [0.2, 0.25) is 15.9 Å². The van der Waals surface area contributed by atoms with Crippen molar-refractivity contribution in [3.05, 3.63) is 58.6 Å². The van der Waals surface area contributed by atoms with E-state index in [4.69, 9.17) is 11.6 Å². The molecular weight excluding hydrogens is 360 g/mol. The van der Waals surface area contributed by atoms with Crippen molar-refractivity contribution in [2.24, 2.45) is 0 Å². The van der Waals surface area contributed by atoms with Crippen molar-refractivity contribution in [1.29, 1.82) is 0 Å². The predicted molar refractivity (Wildman–Crippen MR) is 101 cm³/mol. The number of anilines is 2. The molecule has 1 aliphatic rings. The van der Waals surface area contributed by atoms with Crippen LogP contribution in [-0.2, 0) is 21.2 Å². The minimum Gasteiger partial charge on any atom is -0.310 e. The molecule has 0 fully saturated rings. The Morgan fingerprint density at radius 3 is 2.64 bits per heavy atom. The van der Waals surface area contributed by atoms with Gasteiger partial charge in [0.15, 0.2) is 0 Å². The van der Waals surface area contributed by atoms with Crippen LogP contribution in [-0.4, -0.2) is 33.7 Å². The van der Waals surface area contributed by atoms with E-state index in [9.17, 15) is 13.2 Å². The first-order valence-corrected chi connectivity index (χ1v) is 10.1. The van der Waals surface area contributed by atoms with Crippen molar-refractivity contribution in [1.82, 2.24) is 0 Å². The number of nitrogens with zero attached hydrogens (tertiary/aromatic N) is 2. The number of fused-ring (bicyclic) bond motifs is 1. The molecule has 0 unspecified atom stereocenters.